The van der Waals surface area contributed by atoms with Gasteiger partial charge in [0.05, 0.1) is 17.3 Å². The van der Waals surface area contributed by atoms with Gasteiger partial charge in [0, 0.05) is 24.3 Å². The summed E-state index contributed by atoms with van der Waals surface area (Å²) in [5.74, 6) is 0.909. The van der Waals surface area contributed by atoms with E-state index in [1.807, 2.05) is 28.9 Å². The predicted molar refractivity (Wildman–Crippen MR) is 108 cm³/mol. The number of tetrazole rings is 1. The second-order valence-corrected chi connectivity index (χ2v) is 7.68. The summed E-state index contributed by atoms with van der Waals surface area (Å²) in [5, 5.41) is 15.0. The average molecular weight is 411 g/mol. The minimum atomic E-state index is -0.367. The normalized spacial score (nSPS) is 16.2. The molecule has 5 rings (SSSR count). The van der Waals surface area contributed by atoms with E-state index in [0.29, 0.717) is 17.7 Å². The highest BCUT2D eigenvalue weighted by Crippen LogP contribution is 2.36. The van der Waals surface area contributed by atoms with Crippen LogP contribution in [0.2, 0.25) is 5.02 Å². The van der Waals surface area contributed by atoms with Gasteiger partial charge in [0.15, 0.2) is 11.5 Å². The largest absolute Gasteiger partial charge is 0.341 e. The van der Waals surface area contributed by atoms with E-state index in [-0.39, 0.29) is 16.6 Å². The van der Waals surface area contributed by atoms with E-state index in [1.165, 1.54) is 6.20 Å². The van der Waals surface area contributed by atoms with Gasteiger partial charge in [-0.1, -0.05) is 11.6 Å². The van der Waals surface area contributed by atoms with E-state index in [2.05, 4.69) is 35.7 Å². The summed E-state index contributed by atoms with van der Waals surface area (Å²) in [6.07, 6.45) is 5.89. The van der Waals surface area contributed by atoms with Crippen molar-refractivity contribution in [2.75, 3.05) is 23.3 Å². The van der Waals surface area contributed by atoms with Crippen LogP contribution in [0.5, 0.6) is 0 Å². The molecule has 2 fully saturated rings. The number of nitrogens with zero attached hydrogens (tertiary/aromatic N) is 7. The van der Waals surface area contributed by atoms with Crippen LogP contribution in [0.15, 0.2) is 30.5 Å². The predicted octanol–water partition coefficient (Wildman–Crippen LogP) is 2.97. The molecule has 3 aromatic rings. The smallest absolute Gasteiger partial charge is 0.276 e. The Morgan fingerprint density at radius 2 is 1.90 bits per heavy atom. The molecule has 2 aromatic heterocycles. The van der Waals surface area contributed by atoms with E-state index in [9.17, 15) is 4.79 Å². The number of hydrogen-bond acceptors (Lipinski definition) is 7. The lowest BCUT2D eigenvalue weighted by atomic mass is 10.2. The number of amides is 1. The van der Waals surface area contributed by atoms with Crippen LogP contribution in [-0.2, 0) is 0 Å². The van der Waals surface area contributed by atoms with Crippen molar-refractivity contribution >= 4 is 29.1 Å². The molecule has 1 aliphatic carbocycles. The lowest BCUT2D eigenvalue weighted by Gasteiger charge is -2.16. The van der Waals surface area contributed by atoms with Crippen molar-refractivity contribution in [3.8, 4) is 11.4 Å². The number of hydrogen-bond donors (Lipinski definition) is 1. The van der Waals surface area contributed by atoms with Gasteiger partial charge in [0.2, 0.25) is 5.95 Å². The molecular formula is C19H19ClN8O. The first-order valence-corrected chi connectivity index (χ1v) is 10.0. The Morgan fingerprint density at radius 3 is 2.62 bits per heavy atom. The number of anilines is 2. The van der Waals surface area contributed by atoms with Crippen LogP contribution in [-0.4, -0.2) is 49.2 Å². The fourth-order valence-corrected chi connectivity index (χ4v) is 3.61. The van der Waals surface area contributed by atoms with Crippen LogP contribution in [0.4, 0.5) is 11.6 Å². The fraction of sp³-hybridized carbons (Fsp3) is 0.368. The zero-order chi connectivity index (χ0) is 19.8. The molecule has 1 aliphatic heterocycles. The summed E-state index contributed by atoms with van der Waals surface area (Å²) in [6, 6.07) is 7.80. The van der Waals surface area contributed by atoms with Crippen molar-refractivity contribution in [1.82, 2.24) is 30.2 Å². The van der Waals surface area contributed by atoms with Gasteiger partial charge in [-0.15, -0.1) is 5.10 Å². The van der Waals surface area contributed by atoms with Crippen LogP contribution < -0.4 is 10.2 Å². The SMILES string of the molecule is O=C(Nc1ccc(-c2nnnn2C2CC2)cc1)c1nc(N2CCCC2)ncc1Cl. The maximum atomic E-state index is 12.7. The summed E-state index contributed by atoms with van der Waals surface area (Å²) in [5.41, 5.74) is 1.71. The lowest BCUT2D eigenvalue weighted by molar-refractivity contribution is 0.102. The lowest BCUT2D eigenvalue weighted by Crippen LogP contribution is -2.23. The van der Waals surface area contributed by atoms with Gasteiger partial charge in [0.25, 0.3) is 5.91 Å². The first-order valence-electron chi connectivity index (χ1n) is 9.66. The first-order chi connectivity index (χ1) is 14.2. The minimum Gasteiger partial charge on any atom is -0.341 e. The third-order valence-electron chi connectivity index (χ3n) is 5.12. The molecule has 0 spiro atoms. The van der Waals surface area contributed by atoms with Crippen molar-refractivity contribution < 1.29 is 4.79 Å². The maximum Gasteiger partial charge on any atom is 0.276 e. The van der Waals surface area contributed by atoms with Gasteiger partial charge in [-0.25, -0.2) is 14.6 Å². The Hall–Kier alpha value is -3.07. The van der Waals surface area contributed by atoms with E-state index >= 15 is 0 Å². The van der Waals surface area contributed by atoms with Gasteiger partial charge in [-0.2, -0.15) is 0 Å². The number of carbonyl (C=O) groups is 1. The fourth-order valence-electron chi connectivity index (χ4n) is 3.43. The van der Waals surface area contributed by atoms with Crippen LogP contribution in [0.25, 0.3) is 11.4 Å². The molecule has 3 heterocycles. The van der Waals surface area contributed by atoms with Crippen molar-refractivity contribution in [3.05, 3.63) is 41.2 Å². The van der Waals surface area contributed by atoms with Crippen molar-refractivity contribution in [2.24, 2.45) is 0 Å². The summed E-state index contributed by atoms with van der Waals surface area (Å²) in [6.45, 7) is 1.79. The van der Waals surface area contributed by atoms with Gasteiger partial charge >= 0.3 is 0 Å². The van der Waals surface area contributed by atoms with Gasteiger partial charge < -0.3 is 10.2 Å². The molecule has 1 saturated heterocycles. The molecule has 2 aliphatic rings. The highest BCUT2D eigenvalue weighted by Gasteiger charge is 2.28. The molecule has 9 nitrogen and oxygen atoms in total. The zero-order valence-corrected chi connectivity index (χ0v) is 16.4. The minimum absolute atomic E-state index is 0.172. The van der Waals surface area contributed by atoms with Gasteiger partial charge in [0.1, 0.15) is 0 Å². The monoisotopic (exact) mass is 410 g/mol. The standard InChI is InChI=1S/C19H19ClN8O/c20-15-11-21-19(27-9-1-2-10-27)23-16(15)18(29)22-13-5-3-12(4-6-13)17-24-25-26-28(17)14-7-8-14/h3-6,11,14H,1-2,7-10H2,(H,22,29). The van der Waals surface area contributed by atoms with Crippen LogP contribution >= 0.6 is 11.6 Å². The summed E-state index contributed by atoms with van der Waals surface area (Å²) in [4.78, 5) is 23.4. The van der Waals surface area contributed by atoms with Gasteiger partial charge in [-0.05, 0) is 60.4 Å². The molecule has 1 aromatic carbocycles. The van der Waals surface area contributed by atoms with Crippen LogP contribution in [0.3, 0.4) is 0 Å². The van der Waals surface area contributed by atoms with Crippen molar-refractivity contribution in [1.29, 1.82) is 0 Å². The Kier molecular flexibility index (Phi) is 4.59. The molecule has 1 amide bonds. The molecule has 29 heavy (non-hydrogen) atoms. The zero-order valence-electron chi connectivity index (χ0n) is 15.6. The number of rotatable bonds is 5. The molecular weight excluding hydrogens is 392 g/mol. The van der Waals surface area contributed by atoms with E-state index < -0.39 is 0 Å². The first kappa shape index (κ1) is 18.0. The molecule has 0 bridgehead atoms. The second-order valence-electron chi connectivity index (χ2n) is 7.27. The molecule has 0 radical (unpaired) electrons. The molecule has 1 saturated carbocycles. The van der Waals surface area contributed by atoms with Gasteiger partial charge in [-0.3, -0.25) is 4.79 Å². The average Bonchev–Trinajstić information content (AvgIpc) is 3.22. The Balaban J connectivity index is 1.33. The van der Waals surface area contributed by atoms with Crippen LogP contribution in [0, 0.1) is 0 Å². The Bertz CT molecular complexity index is 1040. The number of benzene rings is 1. The third kappa shape index (κ3) is 3.65. The van der Waals surface area contributed by atoms with E-state index in [1.54, 1.807) is 0 Å². The summed E-state index contributed by atoms with van der Waals surface area (Å²) >= 11 is 6.18. The van der Waals surface area contributed by atoms with Crippen molar-refractivity contribution in [2.45, 2.75) is 31.7 Å². The molecule has 0 atom stereocenters. The second kappa shape index (κ2) is 7.40. The summed E-state index contributed by atoms with van der Waals surface area (Å²) < 4.78 is 1.86. The topological polar surface area (TPSA) is 102 Å². The Labute approximate surface area is 172 Å². The van der Waals surface area contributed by atoms with E-state index in [0.717, 1.165) is 50.2 Å². The number of carbonyl (C=O) groups excluding carboxylic acids is 1. The Morgan fingerprint density at radius 1 is 1.14 bits per heavy atom. The molecule has 1 N–H and O–H groups in total. The third-order valence-corrected chi connectivity index (χ3v) is 5.40. The molecule has 0 unspecified atom stereocenters. The summed E-state index contributed by atoms with van der Waals surface area (Å²) in [7, 11) is 0. The molecule has 148 valence electrons. The highest BCUT2D eigenvalue weighted by molar-refractivity contribution is 6.34. The number of aromatic nitrogens is 6. The van der Waals surface area contributed by atoms with E-state index in [4.69, 9.17) is 11.6 Å². The molecule has 10 heteroatoms. The maximum absolute atomic E-state index is 12.7. The van der Waals surface area contributed by atoms with Crippen molar-refractivity contribution in [3.63, 3.8) is 0 Å². The highest BCUT2D eigenvalue weighted by atomic mass is 35.5. The number of halogens is 1. The number of nitrogens with one attached hydrogen (secondary N) is 1. The quantitative estimate of drug-likeness (QED) is 0.689. The van der Waals surface area contributed by atoms with Crippen LogP contribution in [0.1, 0.15) is 42.2 Å².